The molecule has 1 aliphatic heterocycles. The number of carbonyl (C=O) groups is 1. The molecular weight excluding hydrogens is 206 g/mol. The van der Waals surface area contributed by atoms with E-state index in [2.05, 4.69) is 0 Å². The van der Waals surface area contributed by atoms with Crippen LogP contribution in [0.25, 0.3) is 0 Å². The van der Waals surface area contributed by atoms with E-state index in [0.29, 0.717) is 0 Å². The van der Waals surface area contributed by atoms with Crippen molar-refractivity contribution in [1.29, 1.82) is 0 Å². The fourth-order valence-corrected chi connectivity index (χ4v) is 2.15. The van der Waals surface area contributed by atoms with Crippen LogP contribution in [0, 0.1) is 11.3 Å². The predicted octanol–water partition coefficient (Wildman–Crippen LogP) is 1.91. The highest BCUT2D eigenvalue weighted by Gasteiger charge is 2.55. The van der Waals surface area contributed by atoms with Crippen molar-refractivity contribution in [3.63, 3.8) is 0 Å². The Hall–Kier alpha value is -0.710. The van der Waals surface area contributed by atoms with Gasteiger partial charge in [-0.2, -0.15) is 0 Å². The molecule has 5 heteroatoms. The van der Waals surface area contributed by atoms with E-state index >= 15 is 0 Å². The average molecular weight is 220 g/mol. The van der Waals surface area contributed by atoms with E-state index < -0.39 is 24.4 Å². The van der Waals surface area contributed by atoms with Crippen LogP contribution >= 0.6 is 0 Å². The predicted molar refractivity (Wildman–Crippen MR) is 47.7 cm³/mol. The Morgan fingerprint density at radius 3 is 2.47 bits per heavy atom. The lowest BCUT2D eigenvalue weighted by molar-refractivity contribution is -0.148. The third-order valence-electron chi connectivity index (χ3n) is 3.57. The first-order chi connectivity index (χ1) is 6.94. The SMILES string of the molecule is CC1(C2CC(C(=O)O)C(C(F)F)O2)CC1. The number of hydrogen-bond acceptors (Lipinski definition) is 2. The summed E-state index contributed by atoms with van der Waals surface area (Å²) >= 11 is 0. The smallest absolute Gasteiger partial charge is 0.309 e. The molecule has 3 unspecified atom stereocenters. The minimum Gasteiger partial charge on any atom is -0.481 e. The van der Waals surface area contributed by atoms with Crippen LogP contribution in [0.15, 0.2) is 0 Å². The maximum absolute atomic E-state index is 12.5. The van der Waals surface area contributed by atoms with Gasteiger partial charge in [0.1, 0.15) is 6.10 Å². The number of carboxylic acid groups (broad SMARTS) is 1. The Kier molecular flexibility index (Phi) is 2.45. The molecule has 1 saturated carbocycles. The number of rotatable bonds is 3. The number of ether oxygens (including phenoxy) is 1. The van der Waals surface area contributed by atoms with Crippen molar-refractivity contribution in [2.75, 3.05) is 0 Å². The molecule has 1 heterocycles. The molecule has 0 bridgehead atoms. The van der Waals surface area contributed by atoms with Crippen molar-refractivity contribution in [3.05, 3.63) is 0 Å². The summed E-state index contributed by atoms with van der Waals surface area (Å²) < 4.78 is 30.3. The average Bonchev–Trinajstić information content (AvgIpc) is 2.74. The summed E-state index contributed by atoms with van der Waals surface area (Å²) in [6.45, 7) is 1.96. The zero-order valence-electron chi connectivity index (χ0n) is 8.45. The molecule has 0 aromatic carbocycles. The van der Waals surface area contributed by atoms with E-state index in [1.807, 2.05) is 6.92 Å². The molecule has 0 amide bonds. The second kappa shape index (κ2) is 3.40. The molecule has 0 aromatic rings. The largest absolute Gasteiger partial charge is 0.481 e. The molecule has 1 aliphatic carbocycles. The zero-order chi connectivity index (χ0) is 11.2. The van der Waals surface area contributed by atoms with Crippen LogP contribution in [0.4, 0.5) is 8.78 Å². The van der Waals surface area contributed by atoms with Gasteiger partial charge >= 0.3 is 5.97 Å². The first-order valence-electron chi connectivity index (χ1n) is 5.10. The van der Waals surface area contributed by atoms with E-state index in [-0.39, 0.29) is 17.9 Å². The molecule has 86 valence electrons. The van der Waals surface area contributed by atoms with Gasteiger partial charge in [-0.1, -0.05) is 6.92 Å². The van der Waals surface area contributed by atoms with Crippen LogP contribution in [-0.4, -0.2) is 29.7 Å². The normalized spacial score (nSPS) is 38.3. The Labute approximate surface area is 86.4 Å². The van der Waals surface area contributed by atoms with Crippen molar-refractivity contribution >= 4 is 5.97 Å². The maximum Gasteiger partial charge on any atom is 0.309 e. The summed E-state index contributed by atoms with van der Waals surface area (Å²) in [6.07, 6.45) is -2.33. The highest BCUT2D eigenvalue weighted by molar-refractivity contribution is 5.71. The van der Waals surface area contributed by atoms with Gasteiger partial charge in [0, 0.05) is 0 Å². The van der Waals surface area contributed by atoms with Gasteiger partial charge < -0.3 is 9.84 Å². The Bertz CT molecular complexity index is 276. The lowest BCUT2D eigenvalue weighted by Gasteiger charge is -2.18. The van der Waals surface area contributed by atoms with Gasteiger partial charge in [-0.3, -0.25) is 4.79 Å². The van der Waals surface area contributed by atoms with Crippen LogP contribution in [0.5, 0.6) is 0 Å². The van der Waals surface area contributed by atoms with Crippen molar-refractivity contribution in [2.24, 2.45) is 11.3 Å². The quantitative estimate of drug-likeness (QED) is 0.790. The third-order valence-corrected chi connectivity index (χ3v) is 3.57. The summed E-state index contributed by atoms with van der Waals surface area (Å²) in [7, 11) is 0. The fourth-order valence-electron chi connectivity index (χ4n) is 2.15. The van der Waals surface area contributed by atoms with E-state index in [9.17, 15) is 13.6 Å². The molecule has 0 spiro atoms. The minimum absolute atomic E-state index is 0.0582. The topological polar surface area (TPSA) is 46.5 Å². The van der Waals surface area contributed by atoms with Crippen LogP contribution in [0.2, 0.25) is 0 Å². The van der Waals surface area contributed by atoms with Crippen molar-refractivity contribution < 1.29 is 23.4 Å². The molecule has 1 N–H and O–H groups in total. The molecule has 3 atom stereocenters. The molecule has 15 heavy (non-hydrogen) atoms. The second-order valence-electron chi connectivity index (χ2n) is 4.76. The monoisotopic (exact) mass is 220 g/mol. The molecule has 2 fully saturated rings. The van der Waals surface area contributed by atoms with Crippen molar-refractivity contribution in [2.45, 2.75) is 44.8 Å². The lowest BCUT2D eigenvalue weighted by atomic mass is 9.93. The minimum atomic E-state index is -2.71. The van der Waals surface area contributed by atoms with Gasteiger partial charge in [0.2, 0.25) is 0 Å². The van der Waals surface area contributed by atoms with E-state index in [0.717, 1.165) is 12.8 Å². The van der Waals surface area contributed by atoms with Gasteiger partial charge in [-0.05, 0) is 24.7 Å². The van der Waals surface area contributed by atoms with E-state index in [4.69, 9.17) is 9.84 Å². The van der Waals surface area contributed by atoms with Crippen molar-refractivity contribution in [3.8, 4) is 0 Å². The Morgan fingerprint density at radius 1 is 1.53 bits per heavy atom. The standard InChI is InChI=1S/C10H14F2O3/c1-10(2-3-10)6-4-5(9(13)14)7(15-6)8(11)12/h5-8H,2-4H2,1H3,(H,13,14). The Morgan fingerprint density at radius 2 is 2.13 bits per heavy atom. The molecule has 1 saturated heterocycles. The summed E-state index contributed by atoms with van der Waals surface area (Å²) in [4.78, 5) is 10.8. The summed E-state index contributed by atoms with van der Waals surface area (Å²) in [5, 5.41) is 8.82. The number of halogens is 2. The lowest BCUT2D eigenvalue weighted by Crippen LogP contribution is -2.30. The first kappa shape index (κ1) is 10.8. The van der Waals surface area contributed by atoms with Gasteiger partial charge in [0.05, 0.1) is 12.0 Å². The number of alkyl halides is 2. The maximum atomic E-state index is 12.5. The van der Waals surface area contributed by atoms with Crippen LogP contribution in [-0.2, 0) is 9.53 Å². The second-order valence-corrected chi connectivity index (χ2v) is 4.76. The fraction of sp³-hybridized carbons (Fsp3) is 0.900. The van der Waals surface area contributed by atoms with E-state index in [1.165, 1.54) is 0 Å². The van der Waals surface area contributed by atoms with Gasteiger partial charge in [-0.25, -0.2) is 8.78 Å². The Balaban J connectivity index is 2.08. The van der Waals surface area contributed by atoms with Crippen LogP contribution in [0.3, 0.4) is 0 Å². The number of hydrogen-bond donors (Lipinski definition) is 1. The molecular formula is C10H14F2O3. The highest BCUT2D eigenvalue weighted by Crippen LogP contribution is 2.54. The van der Waals surface area contributed by atoms with Crippen molar-refractivity contribution in [1.82, 2.24) is 0 Å². The number of aliphatic carboxylic acids is 1. The molecule has 2 rings (SSSR count). The highest BCUT2D eigenvalue weighted by atomic mass is 19.3. The first-order valence-corrected chi connectivity index (χ1v) is 5.10. The molecule has 0 aromatic heterocycles. The van der Waals surface area contributed by atoms with Crippen LogP contribution < -0.4 is 0 Å². The van der Waals surface area contributed by atoms with Gasteiger partial charge in [0.15, 0.2) is 0 Å². The molecule has 0 radical (unpaired) electrons. The number of carboxylic acids is 1. The molecule has 3 nitrogen and oxygen atoms in total. The zero-order valence-corrected chi connectivity index (χ0v) is 8.45. The van der Waals surface area contributed by atoms with E-state index in [1.54, 1.807) is 0 Å². The third kappa shape index (κ3) is 1.85. The van der Waals surface area contributed by atoms with Gasteiger partial charge in [0.25, 0.3) is 6.43 Å². The molecule has 2 aliphatic rings. The van der Waals surface area contributed by atoms with Gasteiger partial charge in [-0.15, -0.1) is 0 Å². The summed E-state index contributed by atoms with van der Waals surface area (Å²) in [5.74, 6) is -2.22. The summed E-state index contributed by atoms with van der Waals surface area (Å²) in [6, 6.07) is 0. The summed E-state index contributed by atoms with van der Waals surface area (Å²) in [5.41, 5.74) is -0.0582. The van der Waals surface area contributed by atoms with Crippen LogP contribution in [0.1, 0.15) is 26.2 Å².